The van der Waals surface area contributed by atoms with E-state index in [1.807, 2.05) is 0 Å². The third kappa shape index (κ3) is 13.9. The van der Waals surface area contributed by atoms with Crippen molar-refractivity contribution in [3.8, 4) is 0 Å². The first-order valence-electron chi connectivity index (χ1n) is 15.7. The summed E-state index contributed by atoms with van der Waals surface area (Å²) < 4.78 is 0. The summed E-state index contributed by atoms with van der Waals surface area (Å²) in [6, 6.07) is 18.7. The van der Waals surface area contributed by atoms with Gasteiger partial charge in [0.25, 0.3) is 0 Å². The van der Waals surface area contributed by atoms with Crippen LogP contribution in [0, 0.1) is 5.92 Å². The molecule has 2 aromatic rings. The molecule has 0 aromatic heterocycles. The number of unbranched alkanes of at least 4 members (excludes halogenated alkanes) is 9. The zero-order valence-corrected chi connectivity index (χ0v) is 24.7. The molecule has 0 aliphatic heterocycles. The second kappa shape index (κ2) is 20.0. The van der Waals surface area contributed by atoms with E-state index in [1.165, 1.54) is 119 Å². The van der Waals surface area contributed by atoms with Crippen molar-refractivity contribution in [2.75, 3.05) is 0 Å². The van der Waals surface area contributed by atoms with Crippen molar-refractivity contribution in [1.29, 1.82) is 0 Å². The van der Waals surface area contributed by atoms with Crippen LogP contribution in [0.4, 0.5) is 0 Å². The Balaban J connectivity index is 1.87. The van der Waals surface area contributed by atoms with Gasteiger partial charge in [0.1, 0.15) is 0 Å². The lowest BCUT2D eigenvalue weighted by molar-refractivity contribution is 0.403. The van der Waals surface area contributed by atoms with Gasteiger partial charge < -0.3 is 0 Å². The molecule has 0 aliphatic carbocycles. The topological polar surface area (TPSA) is 0 Å². The van der Waals surface area contributed by atoms with E-state index in [0.717, 1.165) is 5.92 Å². The van der Waals surface area contributed by atoms with E-state index in [0.29, 0.717) is 5.92 Å². The molecule has 0 saturated heterocycles. The fourth-order valence-electron chi connectivity index (χ4n) is 5.28. The number of rotatable bonds is 20. The number of allylic oxidation sites excluding steroid dienone is 2. The van der Waals surface area contributed by atoms with Crippen LogP contribution in [0.15, 0.2) is 60.7 Å². The summed E-state index contributed by atoms with van der Waals surface area (Å²) in [7, 11) is 0. The Morgan fingerprint density at radius 2 is 1.11 bits per heavy atom. The van der Waals surface area contributed by atoms with Gasteiger partial charge in [-0.3, -0.25) is 0 Å². The molecule has 0 N–H and O–H groups in total. The normalized spacial score (nSPS) is 13.5. The van der Waals surface area contributed by atoms with E-state index in [1.54, 1.807) is 0 Å². The molecule has 2 atom stereocenters. The van der Waals surface area contributed by atoms with Crippen LogP contribution < -0.4 is 0 Å². The zero-order valence-electron chi connectivity index (χ0n) is 24.7. The Bertz CT molecular complexity index is 852. The molecule has 0 heteroatoms. The van der Waals surface area contributed by atoms with Gasteiger partial charge >= 0.3 is 0 Å². The fourth-order valence-corrected chi connectivity index (χ4v) is 5.28. The van der Waals surface area contributed by atoms with Gasteiger partial charge in [0.2, 0.25) is 0 Å². The van der Waals surface area contributed by atoms with Crippen molar-refractivity contribution < 1.29 is 0 Å². The Hall–Kier alpha value is -2.08. The molecule has 0 heterocycles. The van der Waals surface area contributed by atoms with Gasteiger partial charge in [-0.2, -0.15) is 0 Å². The van der Waals surface area contributed by atoms with Crippen LogP contribution in [0.5, 0.6) is 0 Å². The first kappa shape index (κ1) is 31.1. The molecule has 0 fully saturated rings. The standard InChI is InChI=1S/C37H56/c1-5-8-11-13-15-17-20-33-22-24-35(25-23-33)31-36(19-10-7-3)30-32(4)37-28-26-34(27-29-37)21-18-16-14-12-9-6-2/h17-18,20-29,32,36H,5-16,19,30-31H2,1-4H3. The molecule has 37 heavy (non-hydrogen) atoms. The molecule has 0 spiro atoms. The molecule has 0 radical (unpaired) electrons. The Morgan fingerprint density at radius 1 is 0.595 bits per heavy atom. The monoisotopic (exact) mass is 500 g/mol. The van der Waals surface area contributed by atoms with Crippen LogP contribution in [0.1, 0.15) is 146 Å². The van der Waals surface area contributed by atoms with Gasteiger partial charge in [0.15, 0.2) is 0 Å². The third-order valence-electron chi connectivity index (χ3n) is 7.73. The molecule has 0 aliphatic rings. The van der Waals surface area contributed by atoms with E-state index >= 15 is 0 Å². The predicted octanol–water partition coefficient (Wildman–Crippen LogP) is 12.2. The highest BCUT2D eigenvalue weighted by Crippen LogP contribution is 2.29. The van der Waals surface area contributed by atoms with Crippen LogP contribution in [0.25, 0.3) is 12.2 Å². The van der Waals surface area contributed by atoms with Crippen molar-refractivity contribution >= 4 is 12.2 Å². The van der Waals surface area contributed by atoms with Crippen LogP contribution in [-0.4, -0.2) is 0 Å². The van der Waals surface area contributed by atoms with Crippen LogP contribution >= 0.6 is 0 Å². The first-order valence-corrected chi connectivity index (χ1v) is 15.7. The summed E-state index contributed by atoms with van der Waals surface area (Å²) in [5.74, 6) is 1.35. The van der Waals surface area contributed by atoms with E-state index in [9.17, 15) is 0 Å². The van der Waals surface area contributed by atoms with Crippen molar-refractivity contribution in [2.24, 2.45) is 5.92 Å². The first-order chi connectivity index (χ1) is 18.2. The Labute approximate surface area is 230 Å². The summed E-state index contributed by atoms with van der Waals surface area (Å²) in [6.07, 6.45) is 28.8. The molecule has 2 unspecified atom stereocenters. The number of hydrogen-bond acceptors (Lipinski definition) is 0. The van der Waals surface area contributed by atoms with E-state index in [2.05, 4.69) is 101 Å². The van der Waals surface area contributed by atoms with Crippen molar-refractivity contribution in [2.45, 2.75) is 130 Å². The molecule has 204 valence electrons. The number of benzene rings is 2. The summed E-state index contributed by atoms with van der Waals surface area (Å²) in [5, 5.41) is 0. The highest BCUT2D eigenvalue weighted by Gasteiger charge is 2.15. The van der Waals surface area contributed by atoms with Crippen LogP contribution in [0.2, 0.25) is 0 Å². The predicted molar refractivity (Wildman–Crippen MR) is 168 cm³/mol. The van der Waals surface area contributed by atoms with Gasteiger partial charge in [-0.05, 0) is 72.6 Å². The van der Waals surface area contributed by atoms with E-state index < -0.39 is 0 Å². The van der Waals surface area contributed by atoms with Crippen molar-refractivity contribution in [1.82, 2.24) is 0 Å². The molecule has 0 amide bonds. The van der Waals surface area contributed by atoms with Gasteiger partial charge in [-0.15, -0.1) is 0 Å². The fraction of sp³-hybridized carbons (Fsp3) is 0.568. The number of hydrogen-bond donors (Lipinski definition) is 0. The van der Waals surface area contributed by atoms with E-state index in [4.69, 9.17) is 0 Å². The second-order valence-electron chi connectivity index (χ2n) is 11.3. The third-order valence-corrected chi connectivity index (χ3v) is 7.73. The summed E-state index contributed by atoms with van der Waals surface area (Å²) in [4.78, 5) is 0. The maximum Gasteiger partial charge on any atom is -0.0188 e. The second-order valence-corrected chi connectivity index (χ2v) is 11.3. The SMILES string of the molecule is CCCCCCC=Cc1ccc(CC(CCCC)CC(C)c2ccc(C=CCCCCCC)cc2)cc1. The Kier molecular flexibility index (Phi) is 16.8. The quantitative estimate of drug-likeness (QED) is 0.159. The molecular formula is C37H56. The largest absolute Gasteiger partial charge is 0.0839 e. The highest BCUT2D eigenvalue weighted by molar-refractivity contribution is 5.50. The van der Waals surface area contributed by atoms with E-state index in [-0.39, 0.29) is 0 Å². The lowest BCUT2D eigenvalue weighted by Crippen LogP contribution is -2.09. The molecule has 0 saturated carbocycles. The zero-order chi connectivity index (χ0) is 26.6. The molecule has 2 rings (SSSR count). The molecule has 2 aromatic carbocycles. The lowest BCUT2D eigenvalue weighted by Gasteiger charge is -2.22. The van der Waals surface area contributed by atoms with Gasteiger partial charge in [-0.1, -0.05) is 158 Å². The Morgan fingerprint density at radius 3 is 1.62 bits per heavy atom. The van der Waals surface area contributed by atoms with Crippen molar-refractivity contribution in [3.05, 3.63) is 82.9 Å². The van der Waals surface area contributed by atoms with Crippen molar-refractivity contribution in [3.63, 3.8) is 0 Å². The maximum atomic E-state index is 2.42. The minimum atomic E-state index is 0.601. The summed E-state index contributed by atoms with van der Waals surface area (Å²) in [5.41, 5.74) is 5.66. The smallest absolute Gasteiger partial charge is 0.0188 e. The molecule has 0 bridgehead atoms. The molecule has 0 nitrogen and oxygen atoms in total. The lowest BCUT2D eigenvalue weighted by atomic mass is 9.83. The highest BCUT2D eigenvalue weighted by atomic mass is 14.2. The van der Waals surface area contributed by atoms with Gasteiger partial charge in [0.05, 0.1) is 0 Å². The average molecular weight is 501 g/mol. The summed E-state index contributed by atoms with van der Waals surface area (Å²) in [6.45, 7) is 9.29. The van der Waals surface area contributed by atoms with Crippen LogP contribution in [-0.2, 0) is 6.42 Å². The van der Waals surface area contributed by atoms with Gasteiger partial charge in [0, 0.05) is 0 Å². The maximum absolute atomic E-state index is 2.42. The van der Waals surface area contributed by atoms with Gasteiger partial charge in [-0.25, -0.2) is 0 Å². The minimum absolute atomic E-state index is 0.601. The summed E-state index contributed by atoms with van der Waals surface area (Å²) >= 11 is 0. The average Bonchev–Trinajstić information content (AvgIpc) is 2.92. The van der Waals surface area contributed by atoms with Crippen LogP contribution in [0.3, 0.4) is 0 Å². The molecular weight excluding hydrogens is 444 g/mol. The minimum Gasteiger partial charge on any atom is -0.0839 e.